The molecule has 0 bridgehead atoms. The number of nitrogens with two attached hydrogens (primary N) is 1. The van der Waals surface area contributed by atoms with Gasteiger partial charge in [0.25, 0.3) is 0 Å². The van der Waals surface area contributed by atoms with Gasteiger partial charge < -0.3 is 20.3 Å². The van der Waals surface area contributed by atoms with Gasteiger partial charge in [-0.2, -0.15) is 0 Å². The number of carboxylic acid groups (broad SMARTS) is 1. The van der Waals surface area contributed by atoms with Crippen LogP contribution in [0, 0.1) is 0 Å². The molecule has 0 aliphatic carbocycles. The molecule has 0 saturated carbocycles. The highest BCUT2D eigenvalue weighted by atomic mass is 35.5. The summed E-state index contributed by atoms with van der Waals surface area (Å²) in [5.41, 5.74) is 5.81. The maximum atomic E-state index is 10.8. The third-order valence-electron chi connectivity index (χ3n) is 2.26. The number of fused-ring (bicyclic) bond motifs is 1. The Morgan fingerprint density at radius 2 is 1.94 bits per heavy atom. The molecule has 0 spiro atoms. The van der Waals surface area contributed by atoms with Crippen molar-refractivity contribution < 1.29 is 19.4 Å². The number of rotatable bonds is 2. The third kappa shape index (κ3) is 1.91. The number of ether oxygens (including phenoxy) is 2. The molecular weight excluding hydrogens is 234 g/mol. The lowest BCUT2D eigenvalue weighted by molar-refractivity contribution is -0.138. The maximum absolute atomic E-state index is 10.8. The first-order valence-corrected chi connectivity index (χ1v) is 5.05. The van der Waals surface area contributed by atoms with Crippen molar-refractivity contribution in [1.82, 2.24) is 0 Å². The molecule has 1 unspecified atom stereocenters. The minimum atomic E-state index is -1.16. The first kappa shape index (κ1) is 11.0. The average Bonchev–Trinajstić information content (AvgIpc) is 2.27. The number of hydrogen-bond acceptors (Lipinski definition) is 4. The summed E-state index contributed by atoms with van der Waals surface area (Å²) in [4.78, 5) is 10.8. The second-order valence-electron chi connectivity index (χ2n) is 3.33. The Labute approximate surface area is 96.7 Å². The van der Waals surface area contributed by atoms with Crippen LogP contribution in [0.15, 0.2) is 12.1 Å². The van der Waals surface area contributed by atoms with Crippen molar-refractivity contribution in [1.29, 1.82) is 0 Å². The second-order valence-corrected chi connectivity index (χ2v) is 3.74. The largest absolute Gasteiger partial charge is 0.486 e. The van der Waals surface area contributed by atoms with Gasteiger partial charge in [-0.15, -0.1) is 0 Å². The van der Waals surface area contributed by atoms with Crippen molar-refractivity contribution in [2.24, 2.45) is 5.73 Å². The lowest BCUT2D eigenvalue weighted by Gasteiger charge is -2.20. The van der Waals surface area contributed by atoms with E-state index in [0.717, 1.165) is 0 Å². The normalized spacial score (nSPS) is 15.6. The quantitative estimate of drug-likeness (QED) is 0.816. The van der Waals surface area contributed by atoms with Gasteiger partial charge in [0, 0.05) is 16.7 Å². The molecule has 0 fully saturated rings. The van der Waals surface area contributed by atoms with E-state index in [1.807, 2.05) is 0 Å². The van der Waals surface area contributed by atoms with Crippen LogP contribution in [-0.2, 0) is 4.79 Å². The van der Waals surface area contributed by atoms with Crippen molar-refractivity contribution >= 4 is 17.6 Å². The summed E-state index contributed by atoms with van der Waals surface area (Å²) in [5, 5.41) is 9.07. The Hall–Kier alpha value is -1.46. The summed E-state index contributed by atoms with van der Waals surface area (Å²) >= 11 is 5.92. The van der Waals surface area contributed by atoms with E-state index in [1.54, 1.807) is 0 Å². The Balaban J connectivity index is 2.43. The molecule has 0 radical (unpaired) electrons. The van der Waals surface area contributed by atoms with Crippen molar-refractivity contribution in [3.05, 3.63) is 22.7 Å². The Kier molecular flexibility index (Phi) is 2.89. The fourth-order valence-electron chi connectivity index (χ4n) is 1.45. The summed E-state index contributed by atoms with van der Waals surface area (Å²) in [6.45, 7) is 0.879. The van der Waals surface area contributed by atoms with Gasteiger partial charge in [0.2, 0.25) is 0 Å². The van der Waals surface area contributed by atoms with Gasteiger partial charge in [-0.3, -0.25) is 4.79 Å². The molecule has 1 aliphatic heterocycles. The highest BCUT2D eigenvalue weighted by Crippen LogP contribution is 2.37. The predicted octanol–water partition coefficient (Wildman–Crippen LogP) is 1.20. The van der Waals surface area contributed by atoms with E-state index in [0.29, 0.717) is 30.3 Å². The van der Waals surface area contributed by atoms with Crippen LogP contribution in [0.25, 0.3) is 0 Å². The van der Waals surface area contributed by atoms with Gasteiger partial charge in [0.1, 0.15) is 19.3 Å². The fourth-order valence-corrected chi connectivity index (χ4v) is 1.72. The number of benzene rings is 1. The Bertz CT molecular complexity index is 435. The molecule has 1 aliphatic rings. The predicted molar refractivity (Wildman–Crippen MR) is 57.0 cm³/mol. The summed E-state index contributed by atoms with van der Waals surface area (Å²) in [6.07, 6.45) is 0. The van der Waals surface area contributed by atoms with E-state index in [4.69, 9.17) is 31.9 Å². The van der Waals surface area contributed by atoms with E-state index < -0.39 is 12.0 Å². The SMILES string of the molecule is NC(C(=O)O)c1cc2c(cc1Cl)OCCO2. The second kappa shape index (κ2) is 4.19. The highest BCUT2D eigenvalue weighted by molar-refractivity contribution is 6.31. The first-order valence-electron chi connectivity index (χ1n) is 4.67. The standard InChI is InChI=1S/C10H10ClNO4/c11-6-4-8-7(15-1-2-16-8)3-5(6)9(12)10(13)14/h3-4,9H,1-2,12H2,(H,13,14). The lowest BCUT2D eigenvalue weighted by atomic mass is 10.1. The van der Waals surface area contributed by atoms with Crippen molar-refractivity contribution in [2.45, 2.75) is 6.04 Å². The van der Waals surface area contributed by atoms with Crippen molar-refractivity contribution in [3.63, 3.8) is 0 Å². The first-order chi connectivity index (χ1) is 7.59. The summed E-state index contributed by atoms with van der Waals surface area (Å²) < 4.78 is 10.6. The van der Waals surface area contributed by atoms with Crippen LogP contribution in [0.5, 0.6) is 11.5 Å². The van der Waals surface area contributed by atoms with Gasteiger partial charge in [-0.1, -0.05) is 11.6 Å². The Morgan fingerprint density at radius 1 is 1.38 bits per heavy atom. The van der Waals surface area contributed by atoms with Gasteiger partial charge in [0.15, 0.2) is 11.5 Å². The van der Waals surface area contributed by atoms with Crippen molar-refractivity contribution in [2.75, 3.05) is 13.2 Å². The smallest absolute Gasteiger partial charge is 0.325 e. The molecular formula is C10H10ClNO4. The van der Waals surface area contributed by atoms with E-state index in [-0.39, 0.29) is 5.02 Å². The number of halogens is 1. The van der Waals surface area contributed by atoms with Crippen LogP contribution in [0.2, 0.25) is 5.02 Å². The molecule has 3 N–H and O–H groups in total. The van der Waals surface area contributed by atoms with Gasteiger partial charge in [-0.25, -0.2) is 0 Å². The molecule has 1 atom stereocenters. The lowest BCUT2D eigenvalue weighted by Crippen LogP contribution is -2.22. The third-order valence-corrected chi connectivity index (χ3v) is 2.59. The molecule has 0 amide bonds. The molecule has 2 rings (SSSR count). The average molecular weight is 244 g/mol. The fraction of sp³-hybridized carbons (Fsp3) is 0.300. The van der Waals surface area contributed by atoms with Crippen LogP contribution in [0.1, 0.15) is 11.6 Å². The summed E-state index contributed by atoms with van der Waals surface area (Å²) in [7, 11) is 0. The molecule has 5 nitrogen and oxygen atoms in total. The van der Waals surface area contributed by atoms with Crippen LogP contribution < -0.4 is 15.2 Å². The molecule has 6 heteroatoms. The molecule has 0 saturated heterocycles. The topological polar surface area (TPSA) is 81.8 Å². The zero-order valence-corrected chi connectivity index (χ0v) is 9.03. The van der Waals surface area contributed by atoms with E-state index in [1.165, 1.54) is 12.1 Å². The van der Waals surface area contributed by atoms with E-state index in [2.05, 4.69) is 0 Å². The summed E-state index contributed by atoms with van der Waals surface area (Å²) in [6, 6.07) is 1.87. The van der Waals surface area contributed by atoms with E-state index in [9.17, 15) is 4.79 Å². The van der Waals surface area contributed by atoms with Gasteiger partial charge in [-0.05, 0) is 6.07 Å². The maximum Gasteiger partial charge on any atom is 0.325 e. The molecule has 86 valence electrons. The number of carbonyl (C=O) groups is 1. The number of carboxylic acids is 1. The minimum Gasteiger partial charge on any atom is -0.486 e. The van der Waals surface area contributed by atoms with Crippen molar-refractivity contribution in [3.8, 4) is 11.5 Å². The molecule has 0 aromatic heterocycles. The van der Waals surface area contributed by atoms with Crippen LogP contribution in [0.4, 0.5) is 0 Å². The Morgan fingerprint density at radius 3 is 2.50 bits per heavy atom. The summed E-state index contributed by atoms with van der Waals surface area (Å²) in [5.74, 6) is -0.154. The molecule has 1 aromatic rings. The monoisotopic (exact) mass is 243 g/mol. The van der Waals surface area contributed by atoms with Gasteiger partial charge in [0.05, 0.1) is 0 Å². The highest BCUT2D eigenvalue weighted by Gasteiger charge is 2.22. The van der Waals surface area contributed by atoms with Crippen LogP contribution in [0.3, 0.4) is 0 Å². The van der Waals surface area contributed by atoms with E-state index >= 15 is 0 Å². The number of hydrogen-bond donors (Lipinski definition) is 2. The van der Waals surface area contributed by atoms with Crippen LogP contribution >= 0.6 is 11.6 Å². The molecule has 1 heterocycles. The minimum absolute atomic E-state index is 0.263. The molecule has 1 aromatic carbocycles. The van der Waals surface area contributed by atoms with Gasteiger partial charge >= 0.3 is 5.97 Å². The van der Waals surface area contributed by atoms with Crippen LogP contribution in [-0.4, -0.2) is 24.3 Å². The number of aliphatic carboxylic acids is 1. The zero-order chi connectivity index (χ0) is 11.7. The molecule has 16 heavy (non-hydrogen) atoms. The zero-order valence-electron chi connectivity index (χ0n) is 8.27.